The highest BCUT2D eigenvalue weighted by Crippen LogP contribution is 2.38. The topological polar surface area (TPSA) is 54.4 Å². The minimum absolute atomic E-state index is 0.0964. The van der Waals surface area contributed by atoms with Crippen molar-refractivity contribution in [1.29, 1.82) is 0 Å². The summed E-state index contributed by atoms with van der Waals surface area (Å²) in [6, 6.07) is 0. The van der Waals surface area contributed by atoms with Crippen LogP contribution in [0.3, 0.4) is 0 Å². The molecule has 3 nitrogen and oxygen atoms in total. The molecule has 2 aliphatic rings. The van der Waals surface area contributed by atoms with E-state index in [0.717, 1.165) is 24.7 Å². The molecule has 0 aliphatic heterocycles. The lowest BCUT2D eigenvalue weighted by Crippen LogP contribution is -2.02. The number of allylic oxidation sites excluding steroid dienone is 2. The van der Waals surface area contributed by atoms with Crippen molar-refractivity contribution in [2.75, 3.05) is 5.75 Å². The van der Waals surface area contributed by atoms with E-state index in [1.807, 2.05) is 6.92 Å². The first-order valence-corrected chi connectivity index (χ1v) is 7.75. The van der Waals surface area contributed by atoms with E-state index in [1.165, 1.54) is 19.3 Å². The zero-order chi connectivity index (χ0) is 12.0. The highest BCUT2D eigenvalue weighted by Gasteiger charge is 2.25. The molecule has 0 aromatic heterocycles. The first kappa shape index (κ1) is 13.7. The lowest BCUT2D eigenvalue weighted by Gasteiger charge is -1.96. The molecular formula is C12H22O3S. The van der Waals surface area contributed by atoms with E-state index in [1.54, 1.807) is 0 Å². The van der Waals surface area contributed by atoms with Crippen LogP contribution in [-0.2, 0) is 10.1 Å². The quantitative estimate of drug-likeness (QED) is 0.471. The highest BCUT2D eigenvalue weighted by atomic mass is 32.2. The molecule has 94 valence electrons. The third-order valence-corrected chi connectivity index (χ3v) is 3.98. The molecule has 16 heavy (non-hydrogen) atoms. The molecule has 0 aromatic carbocycles. The van der Waals surface area contributed by atoms with Crippen LogP contribution >= 0.6 is 0 Å². The van der Waals surface area contributed by atoms with Crippen molar-refractivity contribution in [3.8, 4) is 0 Å². The molecule has 4 heteroatoms. The summed E-state index contributed by atoms with van der Waals surface area (Å²) >= 11 is 0. The fourth-order valence-corrected chi connectivity index (χ4v) is 2.82. The van der Waals surface area contributed by atoms with Crippen molar-refractivity contribution in [2.24, 2.45) is 11.8 Å². The van der Waals surface area contributed by atoms with Gasteiger partial charge in [0.15, 0.2) is 0 Å². The van der Waals surface area contributed by atoms with Crippen LogP contribution in [0.25, 0.3) is 0 Å². The Kier molecular flexibility index (Phi) is 5.49. The first-order chi connectivity index (χ1) is 7.51. The Labute approximate surface area is 98.7 Å². The molecule has 2 unspecified atom stereocenters. The van der Waals surface area contributed by atoms with Crippen LogP contribution in [0.1, 0.15) is 45.4 Å². The molecular weight excluding hydrogens is 224 g/mol. The molecule has 2 rings (SSSR count). The summed E-state index contributed by atoms with van der Waals surface area (Å²) in [5, 5.41) is 0. The van der Waals surface area contributed by atoms with E-state index in [0.29, 0.717) is 6.42 Å². The van der Waals surface area contributed by atoms with E-state index >= 15 is 0 Å². The summed E-state index contributed by atoms with van der Waals surface area (Å²) in [5.74, 6) is 1.89. The smallest absolute Gasteiger partial charge is 0.264 e. The third-order valence-electron chi connectivity index (χ3n) is 3.18. The van der Waals surface area contributed by atoms with Crippen LogP contribution in [0.2, 0.25) is 0 Å². The van der Waals surface area contributed by atoms with Crippen LogP contribution in [0, 0.1) is 11.8 Å². The second-order valence-corrected chi connectivity index (χ2v) is 6.28. The molecule has 2 aliphatic carbocycles. The van der Waals surface area contributed by atoms with Gasteiger partial charge in [-0.3, -0.25) is 4.55 Å². The maximum Gasteiger partial charge on any atom is 0.264 e. The molecule has 1 N–H and O–H groups in total. The Bertz CT molecular complexity index is 307. The minimum atomic E-state index is -3.70. The van der Waals surface area contributed by atoms with E-state index in [-0.39, 0.29) is 5.75 Å². The second kappa shape index (κ2) is 6.40. The summed E-state index contributed by atoms with van der Waals surface area (Å²) in [4.78, 5) is 0. The number of fused-ring (bicyclic) bond motifs is 2. The van der Waals surface area contributed by atoms with Crippen LogP contribution in [0.5, 0.6) is 0 Å². The predicted molar refractivity (Wildman–Crippen MR) is 65.9 cm³/mol. The molecule has 2 bridgehead atoms. The normalized spacial score (nSPS) is 26.6. The maximum absolute atomic E-state index is 10.1. The fourth-order valence-electron chi connectivity index (χ4n) is 2.25. The summed E-state index contributed by atoms with van der Waals surface area (Å²) in [7, 11) is -3.70. The van der Waals surface area contributed by atoms with Gasteiger partial charge < -0.3 is 0 Å². The van der Waals surface area contributed by atoms with Crippen molar-refractivity contribution in [2.45, 2.75) is 45.4 Å². The van der Waals surface area contributed by atoms with E-state index < -0.39 is 10.1 Å². The van der Waals surface area contributed by atoms with Gasteiger partial charge in [-0.1, -0.05) is 31.9 Å². The maximum atomic E-state index is 10.1. The van der Waals surface area contributed by atoms with Gasteiger partial charge in [0.05, 0.1) is 5.75 Å². The van der Waals surface area contributed by atoms with Crippen LogP contribution in [0.4, 0.5) is 0 Å². The van der Waals surface area contributed by atoms with E-state index in [4.69, 9.17) is 4.55 Å². The zero-order valence-electron chi connectivity index (χ0n) is 9.93. The number of rotatable bonds is 4. The van der Waals surface area contributed by atoms with Crippen molar-refractivity contribution in [1.82, 2.24) is 0 Å². The Hall–Kier alpha value is -0.350. The molecule has 0 heterocycles. The first-order valence-electron chi connectivity index (χ1n) is 6.14. The second-order valence-electron chi connectivity index (χ2n) is 4.71. The van der Waals surface area contributed by atoms with Gasteiger partial charge in [-0.25, -0.2) is 0 Å². The molecule has 0 spiro atoms. The SMILES string of the molecule is C1=CC2CCC1C2.CCCCCS(=O)(=O)O. The average Bonchev–Trinajstić information content (AvgIpc) is 2.80. The average molecular weight is 246 g/mol. The molecule has 0 saturated heterocycles. The predicted octanol–water partition coefficient (Wildman–Crippen LogP) is 3.04. The van der Waals surface area contributed by atoms with Gasteiger partial charge in [0.1, 0.15) is 0 Å². The van der Waals surface area contributed by atoms with Gasteiger partial charge in [-0.2, -0.15) is 8.42 Å². The minimum Gasteiger partial charge on any atom is -0.286 e. The highest BCUT2D eigenvalue weighted by molar-refractivity contribution is 7.85. The molecule has 0 aromatic rings. The Balaban J connectivity index is 0.000000163. The molecule has 0 radical (unpaired) electrons. The number of hydrogen-bond donors (Lipinski definition) is 1. The van der Waals surface area contributed by atoms with Crippen molar-refractivity contribution < 1.29 is 13.0 Å². The number of unbranched alkanes of at least 4 members (excludes halogenated alkanes) is 2. The van der Waals surface area contributed by atoms with Gasteiger partial charge in [0.25, 0.3) is 10.1 Å². The molecule has 2 atom stereocenters. The van der Waals surface area contributed by atoms with Gasteiger partial charge in [0.2, 0.25) is 0 Å². The van der Waals surface area contributed by atoms with Gasteiger partial charge in [-0.15, -0.1) is 0 Å². The Morgan fingerprint density at radius 3 is 2.00 bits per heavy atom. The summed E-state index contributed by atoms with van der Waals surface area (Å²) in [5.41, 5.74) is 0. The lowest BCUT2D eigenvalue weighted by atomic mass is 10.1. The van der Waals surface area contributed by atoms with E-state index in [2.05, 4.69) is 12.2 Å². The van der Waals surface area contributed by atoms with Gasteiger partial charge >= 0.3 is 0 Å². The molecule has 1 saturated carbocycles. The number of hydrogen-bond acceptors (Lipinski definition) is 2. The van der Waals surface area contributed by atoms with Gasteiger partial charge in [0, 0.05) is 0 Å². The lowest BCUT2D eigenvalue weighted by molar-refractivity contribution is 0.480. The van der Waals surface area contributed by atoms with Crippen molar-refractivity contribution >= 4 is 10.1 Å². The van der Waals surface area contributed by atoms with E-state index in [9.17, 15) is 8.42 Å². The molecule has 0 amide bonds. The summed E-state index contributed by atoms with van der Waals surface area (Å²) in [6.07, 6.45) is 11.6. The monoisotopic (exact) mass is 246 g/mol. The summed E-state index contributed by atoms with van der Waals surface area (Å²) in [6.45, 7) is 1.98. The van der Waals surface area contributed by atoms with Crippen LogP contribution < -0.4 is 0 Å². The fraction of sp³-hybridized carbons (Fsp3) is 0.833. The Morgan fingerprint density at radius 2 is 1.75 bits per heavy atom. The third kappa shape index (κ3) is 5.66. The largest absolute Gasteiger partial charge is 0.286 e. The summed E-state index contributed by atoms with van der Waals surface area (Å²) < 4.78 is 28.3. The van der Waals surface area contributed by atoms with Crippen molar-refractivity contribution in [3.05, 3.63) is 12.2 Å². The van der Waals surface area contributed by atoms with Gasteiger partial charge in [-0.05, 0) is 37.5 Å². The Morgan fingerprint density at radius 1 is 1.19 bits per heavy atom. The molecule has 1 fully saturated rings. The van der Waals surface area contributed by atoms with Crippen LogP contribution in [0.15, 0.2) is 12.2 Å². The van der Waals surface area contributed by atoms with Crippen LogP contribution in [-0.4, -0.2) is 18.7 Å². The van der Waals surface area contributed by atoms with Crippen molar-refractivity contribution in [3.63, 3.8) is 0 Å². The zero-order valence-corrected chi connectivity index (χ0v) is 10.7. The standard InChI is InChI=1S/C7H10.C5H12O3S/c1-2-7-4-3-6(1)5-7;1-2-3-4-5-9(6,7)8/h1-2,6-7H,3-5H2;2-5H2,1H3,(H,6,7,8).